The summed E-state index contributed by atoms with van der Waals surface area (Å²) in [6.45, 7) is 4.13. The van der Waals surface area contributed by atoms with Gasteiger partial charge in [0.2, 0.25) is 5.28 Å². The van der Waals surface area contributed by atoms with E-state index in [9.17, 15) is 35.8 Å². The number of aryl methyl sites for hydroxylation is 1. The second-order valence-electron chi connectivity index (χ2n) is 8.55. The summed E-state index contributed by atoms with van der Waals surface area (Å²) in [5.74, 6) is 0. The molecule has 0 saturated carbocycles. The maximum atomic E-state index is 11.6. The van der Waals surface area contributed by atoms with Gasteiger partial charge in [-0.25, -0.2) is 0 Å². The normalized spacial score (nSPS) is 9.50. The van der Waals surface area contributed by atoms with Gasteiger partial charge in [0.05, 0.1) is 11.5 Å². The van der Waals surface area contributed by atoms with Gasteiger partial charge in [-0.05, 0) is 30.9 Å². The first kappa shape index (κ1) is 71.2. The number of aliphatic hydroxyl groups is 8. The van der Waals surface area contributed by atoms with Crippen molar-refractivity contribution in [3.05, 3.63) is 74.3 Å². The molecule has 15 nitrogen and oxygen atoms in total. The zero-order valence-electron chi connectivity index (χ0n) is 28.1. The van der Waals surface area contributed by atoms with Crippen LogP contribution in [0.3, 0.4) is 0 Å². The van der Waals surface area contributed by atoms with E-state index in [-0.39, 0.29) is 184 Å². The summed E-state index contributed by atoms with van der Waals surface area (Å²) in [6, 6.07) is 8.38. The number of nitrogens with zero attached hydrogens (tertiary/aromatic N) is 3. The number of hydrazine groups is 1. The van der Waals surface area contributed by atoms with E-state index < -0.39 is 25.2 Å². The first-order chi connectivity index (χ1) is 19.0. The second kappa shape index (κ2) is 41.5. The molecule has 0 atom stereocenters. The van der Waals surface area contributed by atoms with Gasteiger partial charge in [-0.15, -0.1) is 5.01 Å². The molecule has 0 saturated heterocycles. The standard InChI is InChI=1S/C13H20O4.C12H19N3O6.HNO.8Zn/c1-2-3-4-5-9-8-10(12(14)15)6-7-11(9)13(16)17;1-2-3-6-14(15(21)13-20)10-7-8(11(16)17)4-5-9(10)12(18)19;1-2;;;;;;;;/h6-8,12-17H,2-5H2,1H3;4-5,7,11-12,16-20H,2-3,6H2,1H3;1H;;;;;;;;/b;15-13-;;;;;;;;;. The average molecular weight is 1100 g/mol. The third kappa shape index (κ3) is 26.5. The van der Waals surface area contributed by atoms with Crippen molar-refractivity contribution >= 4 is 5.69 Å². The SMILES string of the molecule is CCCCCc1cc(C(O)O)ccc1C(O)O.CCCCN(c1cc(C(O)O)ccc1C(O)O)/[N+]([O-])=N/O.N=O.[Zn].[Zn].[Zn].[Zn].[Zn].[Zn].[Zn].[Zn]. The number of hydrogen-bond acceptors (Lipinski definition) is 12. The Morgan fingerprint density at radius 2 is 1.08 bits per heavy atom. The molecule has 0 unspecified atom stereocenters. The third-order valence-electron chi connectivity index (χ3n) is 5.71. The Balaban J connectivity index is -0.0000000751. The van der Waals surface area contributed by atoms with Gasteiger partial charge < -0.3 is 51.3 Å². The van der Waals surface area contributed by atoms with Crippen molar-refractivity contribution in [2.45, 2.75) is 77.5 Å². The molecule has 10 N–H and O–H groups in total. The minimum Gasteiger partial charge on any atom is -0.569 e. The van der Waals surface area contributed by atoms with Crippen LogP contribution in [0.1, 0.15) is 98.9 Å². The van der Waals surface area contributed by atoms with Crippen LogP contribution < -0.4 is 5.01 Å². The summed E-state index contributed by atoms with van der Waals surface area (Å²) in [5, 5.41) is 97.4. The van der Waals surface area contributed by atoms with Gasteiger partial charge in [-0.3, -0.25) is 0 Å². The molecule has 0 spiro atoms. The zero-order valence-corrected chi connectivity index (χ0v) is 51.8. The first-order valence-corrected chi connectivity index (χ1v) is 12.5. The van der Waals surface area contributed by atoms with Crippen LogP contribution in [0, 0.1) is 15.7 Å². The molecule has 2 aromatic rings. The van der Waals surface area contributed by atoms with Gasteiger partial charge in [-0.2, -0.15) is 4.91 Å². The van der Waals surface area contributed by atoms with Crippen molar-refractivity contribution in [1.82, 2.24) is 0 Å². The molecule has 23 heteroatoms. The number of hydrogen-bond donors (Lipinski definition) is 10. The fourth-order valence-corrected chi connectivity index (χ4v) is 3.64. The van der Waals surface area contributed by atoms with E-state index in [1.807, 2.05) is 6.92 Å². The Morgan fingerprint density at radius 1 is 0.667 bits per heavy atom. The summed E-state index contributed by atoms with van der Waals surface area (Å²) in [5.41, 5.74) is 6.12. The minimum absolute atomic E-state index is 0. The van der Waals surface area contributed by atoms with Crippen molar-refractivity contribution in [2.75, 3.05) is 11.6 Å². The van der Waals surface area contributed by atoms with Crippen LogP contribution in [-0.2, 0) is 162 Å². The van der Waals surface area contributed by atoms with Crippen molar-refractivity contribution in [1.29, 1.82) is 5.59 Å². The van der Waals surface area contributed by atoms with Crippen LogP contribution in [0.5, 0.6) is 0 Å². The summed E-state index contributed by atoms with van der Waals surface area (Å²) in [7, 11) is 0. The maximum absolute atomic E-state index is 11.6. The molecule has 0 bridgehead atoms. The van der Waals surface area contributed by atoms with Crippen LogP contribution in [0.2, 0.25) is 0 Å². The van der Waals surface area contributed by atoms with Crippen LogP contribution in [0.25, 0.3) is 0 Å². The van der Waals surface area contributed by atoms with Crippen molar-refractivity contribution in [3.63, 3.8) is 0 Å². The Bertz CT molecular complexity index is 1050. The van der Waals surface area contributed by atoms with E-state index in [1.54, 1.807) is 6.07 Å². The number of unbranched alkanes of at least 4 members (excludes halogenated alkanes) is 3. The Morgan fingerprint density at radius 3 is 1.46 bits per heavy atom. The topological polar surface area (TPSA) is 265 Å². The quantitative estimate of drug-likeness (QED) is 0.0264. The van der Waals surface area contributed by atoms with Gasteiger partial charge in [0.15, 0.2) is 25.2 Å². The van der Waals surface area contributed by atoms with E-state index in [0.717, 1.165) is 36.3 Å². The van der Waals surface area contributed by atoms with E-state index in [1.165, 1.54) is 30.3 Å². The maximum Gasteiger partial charge on any atom is 0.231 e. The molecular formula is C25H40N4O11Zn8. The first-order valence-electron chi connectivity index (χ1n) is 12.5. The molecule has 0 aliphatic carbocycles. The second-order valence-corrected chi connectivity index (χ2v) is 8.55. The molecule has 0 radical (unpaired) electrons. The molecular weight excluding hydrogens is 1060 g/mol. The fraction of sp³-hybridized carbons (Fsp3) is 0.520. The van der Waals surface area contributed by atoms with E-state index in [4.69, 9.17) is 20.3 Å². The van der Waals surface area contributed by atoms with Crippen LogP contribution in [0.4, 0.5) is 5.69 Å². The van der Waals surface area contributed by atoms with Gasteiger partial charge in [0.25, 0.3) is 0 Å². The minimum atomic E-state index is -1.87. The molecule has 2 rings (SSSR count). The molecule has 0 heterocycles. The zero-order chi connectivity index (χ0) is 30.8. The molecule has 0 aromatic heterocycles. The summed E-state index contributed by atoms with van der Waals surface area (Å²) < 4.78 is 0. The van der Waals surface area contributed by atoms with E-state index in [0.29, 0.717) is 24.0 Å². The van der Waals surface area contributed by atoms with E-state index >= 15 is 0 Å². The number of nitrogens with one attached hydrogen (secondary N) is 1. The van der Waals surface area contributed by atoms with Crippen LogP contribution in [0.15, 0.2) is 41.7 Å². The molecule has 0 fully saturated rings. The van der Waals surface area contributed by atoms with Crippen molar-refractivity contribution in [3.8, 4) is 0 Å². The fourth-order valence-electron chi connectivity index (χ4n) is 3.64. The number of aliphatic hydroxyl groups excluding tert-OH is 4. The Hall–Kier alpha value is 1.71. The summed E-state index contributed by atoms with van der Waals surface area (Å²) in [4.78, 5) is 7.39. The smallest absolute Gasteiger partial charge is 0.231 e. The number of benzene rings is 2. The van der Waals surface area contributed by atoms with Crippen molar-refractivity contribution in [2.24, 2.45) is 5.28 Å². The summed E-state index contributed by atoms with van der Waals surface area (Å²) >= 11 is 0. The van der Waals surface area contributed by atoms with Gasteiger partial charge >= 0.3 is 0 Å². The Kier molecular flexibility index (Phi) is 61.5. The monoisotopic (exact) mass is 1080 g/mol. The molecule has 48 heavy (non-hydrogen) atoms. The molecule has 0 aliphatic rings. The molecule has 242 valence electrons. The van der Waals surface area contributed by atoms with Gasteiger partial charge in [0.1, 0.15) is 5.69 Å². The Labute approximate surface area is 382 Å². The predicted molar refractivity (Wildman–Crippen MR) is 141 cm³/mol. The van der Waals surface area contributed by atoms with Gasteiger partial charge in [-0.1, -0.05) is 69.0 Å². The third-order valence-corrected chi connectivity index (χ3v) is 5.71. The largest absolute Gasteiger partial charge is 0.569 e. The molecule has 0 amide bonds. The molecule has 2 aromatic carbocycles. The predicted octanol–water partition coefficient (Wildman–Crippen LogP) is 2.22. The van der Waals surface area contributed by atoms with Gasteiger partial charge in [0, 0.05) is 178 Å². The number of nitroso groups, excluding NO2 is 1. The number of rotatable bonds is 13. The average Bonchev–Trinajstić information content (AvgIpc) is 2.94. The summed E-state index contributed by atoms with van der Waals surface area (Å²) in [6.07, 6.45) is -1.58. The van der Waals surface area contributed by atoms with E-state index in [2.05, 4.69) is 17.8 Å². The van der Waals surface area contributed by atoms with Crippen molar-refractivity contribution < 1.29 is 207 Å². The number of anilines is 1. The van der Waals surface area contributed by atoms with Crippen LogP contribution >= 0.6 is 0 Å². The molecule has 0 aliphatic heterocycles. The van der Waals surface area contributed by atoms with Crippen LogP contribution in [-0.4, -0.2) is 57.6 Å².